The van der Waals surface area contributed by atoms with E-state index in [9.17, 15) is 9.50 Å². The first kappa shape index (κ1) is 15.0. The maximum absolute atomic E-state index is 13.1. The van der Waals surface area contributed by atoms with Crippen LogP contribution in [0.5, 0.6) is 0 Å². The molecule has 2 nitrogen and oxygen atoms in total. The van der Waals surface area contributed by atoms with Crippen molar-refractivity contribution in [1.29, 1.82) is 0 Å². The predicted molar refractivity (Wildman–Crippen MR) is 82.5 cm³/mol. The van der Waals surface area contributed by atoms with Gasteiger partial charge in [-0.15, -0.1) is 0 Å². The molecule has 2 aliphatic rings. The first-order chi connectivity index (χ1) is 10.2. The molecular weight excluding hydrogens is 265 g/mol. The molecule has 2 atom stereocenters. The van der Waals surface area contributed by atoms with E-state index in [1.54, 1.807) is 12.1 Å². The van der Waals surface area contributed by atoms with Crippen molar-refractivity contribution < 1.29 is 9.50 Å². The van der Waals surface area contributed by atoms with E-state index in [0.29, 0.717) is 0 Å². The zero-order chi connectivity index (χ0) is 14.7. The number of hydrogen-bond acceptors (Lipinski definition) is 2. The molecule has 3 heteroatoms. The van der Waals surface area contributed by atoms with Crippen LogP contribution in [0.25, 0.3) is 0 Å². The minimum absolute atomic E-state index is 0.232. The van der Waals surface area contributed by atoms with E-state index in [4.69, 9.17) is 0 Å². The van der Waals surface area contributed by atoms with Crippen LogP contribution in [0.2, 0.25) is 0 Å². The molecular formula is C18H26FNO. The molecule has 2 fully saturated rings. The van der Waals surface area contributed by atoms with Crippen LogP contribution in [0.4, 0.5) is 4.39 Å². The summed E-state index contributed by atoms with van der Waals surface area (Å²) in [6.45, 7) is 3.31. The van der Waals surface area contributed by atoms with Crippen LogP contribution in [0.3, 0.4) is 0 Å². The van der Waals surface area contributed by atoms with Crippen LogP contribution < -0.4 is 0 Å². The Hall–Kier alpha value is -0.930. The first-order valence-corrected chi connectivity index (χ1v) is 8.39. The van der Waals surface area contributed by atoms with E-state index < -0.39 is 5.60 Å². The Kier molecular flexibility index (Phi) is 4.60. The lowest BCUT2D eigenvalue weighted by atomic mass is 9.83. The van der Waals surface area contributed by atoms with Crippen molar-refractivity contribution in [2.75, 3.05) is 19.6 Å². The minimum Gasteiger partial charge on any atom is -0.385 e. The fraction of sp³-hybridized carbons (Fsp3) is 0.667. The van der Waals surface area contributed by atoms with E-state index in [-0.39, 0.29) is 11.7 Å². The molecule has 1 saturated carbocycles. The summed E-state index contributed by atoms with van der Waals surface area (Å²) in [4.78, 5) is 2.53. The molecule has 21 heavy (non-hydrogen) atoms. The van der Waals surface area contributed by atoms with Gasteiger partial charge in [-0.3, -0.25) is 0 Å². The van der Waals surface area contributed by atoms with Gasteiger partial charge < -0.3 is 10.0 Å². The molecule has 116 valence electrons. The monoisotopic (exact) mass is 291 g/mol. The number of benzene rings is 1. The lowest BCUT2D eigenvalue weighted by molar-refractivity contribution is -0.0155. The lowest BCUT2D eigenvalue weighted by Crippen LogP contribution is -2.39. The zero-order valence-corrected chi connectivity index (χ0v) is 12.7. The quantitative estimate of drug-likeness (QED) is 0.918. The second-order valence-electron chi connectivity index (χ2n) is 6.74. The molecule has 1 heterocycles. The minimum atomic E-state index is -0.764. The molecule has 1 aromatic carbocycles. The van der Waals surface area contributed by atoms with Crippen molar-refractivity contribution in [2.24, 2.45) is 5.92 Å². The summed E-state index contributed by atoms with van der Waals surface area (Å²) in [5, 5.41) is 11.2. The molecule has 1 N–H and O–H groups in total. The van der Waals surface area contributed by atoms with E-state index in [1.807, 2.05) is 0 Å². The standard InChI is InChI=1S/C18H26FNO/c19-17-9-7-15(8-10-17)18(21)11-5-6-16(18)14-20-12-3-1-2-4-13-20/h7-10,16,21H,1-6,11-14H2. The van der Waals surface area contributed by atoms with E-state index in [2.05, 4.69) is 4.90 Å². The third-order valence-electron chi connectivity index (χ3n) is 5.31. The average Bonchev–Trinajstić information content (AvgIpc) is 2.70. The topological polar surface area (TPSA) is 23.5 Å². The summed E-state index contributed by atoms with van der Waals surface area (Å²) >= 11 is 0. The Bertz CT molecular complexity index is 453. The molecule has 0 spiro atoms. The molecule has 0 amide bonds. The number of rotatable bonds is 3. The van der Waals surface area contributed by atoms with Crippen LogP contribution in [0.15, 0.2) is 24.3 Å². The van der Waals surface area contributed by atoms with E-state index in [0.717, 1.165) is 44.5 Å². The van der Waals surface area contributed by atoms with Crippen molar-refractivity contribution in [3.63, 3.8) is 0 Å². The second-order valence-corrected chi connectivity index (χ2v) is 6.74. The number of aliphatic hydroxyl groups is 1. The number of hydrogen-bond donors (Lipinski definition) is 1. The van der Waals surface area contributed by atoms with Gasteiger partial charge in [-0.1, -0.05) is 25.0 Å². The maximum atomic E-state index is 13.1. The summed E-state index contributed by atoms with van der Waals surface area (Å²) in [6, 6.07) is 6.45. The van der Waals surface area contributed by atoms with Gasteiger partial charge in [0.15, 0.2) is 0 Å². The molecule has 3 rings (SSSR count). The van der Waals surface area contributed by atoms with Crippen LogP contribution in [-0.4, -0.2) is 29.6 Å². The Balaban J connectivity index is 1.73. The number of nitrogens with zero attached hydrogens (tertiary/aromatic N) is 1. The summed E-state index contributed by atoms with van der Waals surface area (Å²) in [5.41, 5.74) is 0.126. The highest BCUT2D eigenvalue weighted by Gasteiger charge is 2.43. The van der Waals surface area contributed by atoms with Gasteiger partial charge >= 0.3 is 0 Å². The fourth-order valence-electron chi connectivity index (χ4n) is 4.05. The highest BCUT2D eigenvalue weighted by molar-refractivity contribution is 5.25. The Labute approximate surface area is 127 Å². The SMILES string of the molecule is OC1(c2ccc(F)cc2)CCCC1CN1CCCCCC1. The molecule has 0 radical (unpaired) electrons. The van der Waals surface area contributed by atoms with Crippen LogP contribution >= 0.6 is 0 Å². The maximum Gasteiger partial charge on any atom is 0.123 e. The van der Waals surface area contributed by atoms with Gasteiger partial charge in [0.25, 0.3) is 0 Å². The van der Waals surface area contributed by atoms with Crippen molar-refractivity contribution in [3.05, 3.63) is 35.6 Å². The van der Waals surface area contributed by atoms with E-state index in [1.165, 1.54) is 37.8 Å². The van der Waals surface area contributed by atoms with E-state index >= 15 is 0 Å². The van der Waals surface area contributed by atoms with Gasteiger partial charge in [-0.2, -0.15) is 0 Å². The molecule has 1 aromatic rings. The molecule has 0 aromatic heterocycles. The van der Waals surface area contributed by atoms with Crippen LogP contribution in [0, 0.1) is 11.7 Å². The summed E-state index contributed by atoms with van der Waals surface area (Å²) in [7, 11) is 0. The van der Waals surface area contributed by atoms with Crippen molar-refractivity contribution in [3.8, 4) is 0 Å². The third-order valence-corrected chi connectivity index (χ3v) is 5.31. The Morgan fingerprint density at radius 3 is 2.38 bits per heavy atom. The molecule has 0 bridgehead atoms. The molecule has 2 unspecified atom stereocenters. The summed E-state index contributed by atoms with van der Waals surface area (Å²) in [5.74, 6) is 0.0467. The number of halogens is 1. The summed E-state index contributed by atoms with van der Waals surface area (Å²) < 4.78 is 13.1. The van der Waals surface area contributed by atoms with Crippen molar-refractivity contribution in [2.45, 2.75) is 50.5 Å². The van der Waals surface area contributed by atoms with Crippen molar-refractivity contribution >= 4 is 0 Å². The highest BCUT2D eigenvalue weighted by atomic mass is 19.1. The molecule has 1 saturated heterocycles. The largest absolute Gasteiger partial charge is 0.385 e. The smallest absolute Gasteiger partial charge is 0.123 e. The third kappa shape index (κ3) is 3.29. The lowest BCUT2D eigenvalue weighted by Gasteiger charge is -2.34. The average molecular weight is 291 g/mol. The Morgan fingerprint density at radius 2 is 1.71 bits per heavy atom. The number of likely N-dealkylation sites (tertiary alicyclic amines) is 1. The van der Waals surface area contributed by atoms with Crippen LogP contribution in [0.1, 0.15) is 50.5 Å². The normalized spacial score (nSPS) is 31.2. The van der Waals surface area contributed by atoms with Gasteiger partial charge in [0.05, 0.1) is 5.60 Å². The molecule has 1 aliphatic carbocycles. The zero-order valence-electron chi connectivity index (χ0n) is 12.7. The van der Waals surface area contributed by atoms with Crippen molar-refractivity contribution in [1.82, 2.24) is 4.90 Å². The Morgan fingerprint density at radius 1 is 1.05 bits per heavy atom. The highest BCUT2D eigenvalue weighted by Crippen LogP contribution is 2.44. The van der Waals surface area contributed by atoms with Crippen LogP contribution in [-0.2, 0) is 5.60 Å². The predicted octanol–water partition coefficient (Wildman–Crippen LogP) is 3.69. The van der Waals surface area contributed by atoms with Gasteiger partial charge in [0.1, 0.15) is 5.82 Å². The van der Waals surface area contributed by atoms with Gasteiger partial charge in [-0.05, 0) is 62.9 Å². The fourth-order valence-corrected chi connectivity index (χ4v) is 4.05. The second kappa shape index (κ2) is 6.45. The van der Waals surface area contributed by atoms with Gasteiger partial charge in [0.2, 0.25) is 0 Å². The first-order valence-electron chi connectivity index (χ1n) is 8.39. The summed E-state index contributed by atoms with van der Waals surface area (Å²) in [6.07, 6.45) is 8.17. The van der Waals surface area contributed by atoms with Gasteiger partial charge in [0, 0.05) is 12.5 Å². The molecule has 1 aliphatic heterocycles. The van der Waals surface area contributed by atoms with Gasteiger partial charge in [-0.25, -0.2) is 4.39 Å².